The van der Waals surface area contributed by atoms with Gasteiger partial charge < -0.3 is 10.4 Å². The van der Waals surface area contributed by atoms with Gasteiger partial charge in [-0.15, -0.1) is 0 Å². The standard InChI is InChI=1S/C20H19Br2NO/c21-13-4-6-15-12(9-13)10-18(16-7-5-14(22)11-17(15)16)20(24)19-3-1-2-8-23-19/h4-7,9-11,19-20,23-24H,1-3,8H2. The van der Waals surface area contributed by atoms with Crippen LogP contribution in [0, 0.1) is 0 Å². The minimum absolute atomic E-state index is 0.134. The minimum Gasteiger partial charge on any atom is -0.387 e. The van der Waals surface area contributed by atoms with E-state index in [9.17, 15) is 5.11 Å². The highest BCUT2D eigenvalue weighted by Gasteiger charge is 2.24. The van der Waals surface area contributed by atoms with Crippen LogP contribution in [0.3, 0.4) is 0 Å². The molecule has 4 rings (SSSR count). The number of aliphatic hydroxyl groups is 1. The summed E-state index contributed by atoms with van der Waals surface area (Å²) < 4.78 is 2.11. The Kier molecular flexibility index (Phi) is 4.65. The Morgan fingerprint density at radius 1 is 0.917 bits per heavy atom. The molecule has 4 heteroatoms. The first-order valence-corrected chi connectivity index (χ1v) is 9.95. The summed E-state index contributed by atoms with van der Waals surface area (Å²) in [6.07, 6.45) is 2.91. The zero-order valence-corrected chi connectivity index (χ0v) is 16.4. The Hall–Kier alpha value is -0.940. The molecule has 3 aromatic carbocycles. The van der Waals surface area contributed by atoms with Crippen LogP contribution in [0.5, 0.6) is 0 Å². The average molecular weight is 449 g/mol. The van der Waals surface area contributed by atoms with Gasteiger partial charge in [-0.2, -0.15) is 0 Å². The molecule has 24 heavy (non-hydrogen) atoms. The van der Waals surface area contributed by atoms with Crippen LogP contribution >= 0.6 is 31.9 Å². The summed E-state index contributed by atoms with van der Waals surface area (Å²) in [7, 11) is 0. The number of rotatable bonds is 2. The lowest BCUT2D eigenvalue weighted by Crippen LogP contribution is -2.38. The SMILES string of the molecule is OC(c1cc2cc(Br)ccc2c2cc(Br)ccc12)C1CCCCN1. The molecule has 0 amide bonds. The van der Waals surface area contributed by atoms with Crippen LogP contribution < -0.4 is 5.32 Å². The van der Waals surface area contributed by atoms with E-state index in [4.69, 9.17) is 0 Å². The van der Waals surface area contributed by atoms with Crippen molar-refractivity contribution in [1.29, 1.82) is 0 Å². The van der Waals surface area contributed by atoms with E-state index in [1.165, 1.54) is 23.6 Å². The molecule has 3 aromatic rings. The molecule has 0 spiro atoms. The van der Waals surface area contributed by atoms with Crippen molar-refractivity contribution in [3.05, 3.63) is 57.0 Å². The van der Waals surface area contributed by atoms with Crippen LogP contribution in [-0.2, 0) is 0 Å². The van der Waals surface area contributed by atoms with Crippen LogP contribution in [0.15, 0.2) is 51.4 Å². The maximum Gasteiger partial charge on any atom is 0.0949 e. The Morgan fingerprint density at radius 2 is 1.67 bits per heavy atom. The Balaban J connectivity index is 1.95. The molecule has 2 atom stereocenters. The lowest BCUT2D eigenvalue weighted by Gasteiger charge is -2.29. The van der Waals surface area contributed by atoms with Gasteiger partial charge in [-0.1, -0.05) is 50.4 Å². The van der Waals surface area contributed by atoms with Gasteiger partial charge in [0.15, 0.2) is 0 Å². The lowest BCUT2D eigenvalue weighted by molar-refractivity contribution is 0.115. The molecule has 1 heterocycles. The Labute approximate surface area is 158 Å². The van der Waals surface area contributed by atoms with Gasteiger partial charge in [0.1, 0.15) is 0 Å². The van der Waals surface area contributed by atoms with E-state index in [0.717, 1.165) is 38.2 Å². The molecule has 1 aliphatic heterocycles. The van der Waals surface area contributed by atoms with Crippen molar-refractivity contribution in [2.75, 3.05) is 6.54 Å². The molecule has 0 saturated carbocycles. The number of fused-ring (bicyclic) bond motifs is 3. The third kappa shape index (κ3) is 3.01. The second-order valence-corrected chi connectivity index (χ2v) is 8.35. The quantitative estimate of drug-likeness (QED) is 0.493. The molecule has 124 valence electrons. The van der Waals surface area contributed by atoms with Gasteiger partial charge in [-0.25, -0.2) is 0 Å². The third-order valence-electron chi connectivity index (χ3n) is 4.96. The fourth-order valence-electron chi connectivity index (χ4n) is 3.74. The highest BCUT2D eigenvalue weighted by Crippen LogP contribution is 2.36. The van der Waals surface area contributed by atoms with Crippen LogP contribution in [0.2, 0.25) is 0 Å². The van der Waals surface area contributed by atoms with E-state index in [-0.39, 0.29) is 6.04 Å². The van der Waals surface area contributed by atoms with Crippen molar-refractivity contribution in [2.45, 2.75) is 31.4 Å². The average Bonchev–Trinajstić information content (AvgIpc) is 2.60. The summed E-state index contributed by atoms with van der Waals surface area (Å²) in [4.78, 5) is 0. The molecule has 0 radical (unpaired) electrons. The molecule has 0 aliphatic carbocycles. The molecular formula is C20H19Br2NO. The fraction of sp³-hybridized carbons (Fsp3) is 0.300. The number of benzene rings is 3. The monoisotopic (exact) mass is 447 g/mol. The molecule has 0 bridgehead atoms. The number of hydrogen-bond acceptors (Lipinski definition) is 2. The van der Waals surface area contributed by atoms with Crippen molar-refractivity contribution >= 4 is 53.4 Å². The maximum atomic E-state index is 11.1. The number of halogens is 2. The van der Waals surface area contributed by atoms with E-state index in [1.54, 1.807) is 0 Å². The van der Waals surface area contributed by atoms with Crippen LogP contribution in [0.25, 0.3) is 21.5 Å². The molecule has 0 aromatic heterocycles. The first-order valence-electron chi connectivity index (χ1n) is 8.36. The number of nitrogens with one attached hydrogen (secondary N) is 1. The van der Waals surface area contributed by atoms with Crippen molar-refractivity contribution < 1.29 is 5.11 Å². The second kappa shape index (κ2) is 6.75. The zero-order valence-electron chi connectivity index (χ0n) is 13.2. The molecule has 2 N–H and O–H groups in total. The van der Waals surface area contributed by atoms with E-state index >= 15 is 0 Å². The first kappa shape index (κ1) is 16.5. The van der Waals surface area contributed by atoms with E-state index in [1.807, 2.05) is 0 Å². The Morgan fingerprint density at radius 3 is 2.42 bits per heavy atom. The summed E-state index contributed by atoms with van der Waals surface area (Å²) in [5.41, 5.74) is 1.02. The molecule has 2 unspecified atom stereocenters. The van der Waals surface area contributed by atoms with Gasteiger partial charge in [0.25, 0.3) is 0 Å². The first-order chi connectivity index (χ1) is 11.6. The summed E-state index contributed by atoms with van der Waals surface area (Å²) in [6.45, 7) is 0.990. The van der Waals surface area contributed by atoms with Crippen molar-refractivity contribution in [3.63, 3.8) is 0 Å². The molecule has 1 saturated heterocycles. The summed E-state index contributed by atoms with van der Waals surface area (Å²) in [5.74, 6) is 0. The zero-order chi connectivity index (χ0) is 16.7. The smallest absolute Gasteiger partial charge is 0.0949 e. The number of piperidine rings is 1. The number of hydrogen-bond donors (Lipinski definition) is 2. The summed E-state index contributed by atoms with van der Waals surface area (Å²) >= 11 is 7.15. The van der Waals surface area contributed by atoms with Crippen LogP contribution in [0.4, 0.5) is 0 Å². The largest absolute Gasteiger partial charge is 0.387 e. The predicted octanol–water partition coefficient (Wildman–Crippen LogP) is 5.69. The topological polar surface area (TPSA) is 32.3 Å². The molecular weight excluding hydrogens is 430 g/mol. The summed E-state index contributed by atoms with van der Waals surface area (Å²) in [5, 5.41) is 19.2. The molecule has 1 aliphatic rings. The fourth-order valence-corrected chi connectivity index (χ4v) is 4.48. The maximum absolute atomic E-state index is 11.1. The second-order valence-electron chi connectivity index (χ2n) is 6.52. The van der Waals surface area contributed by atoms with Crippen molar-refractivity contribution in [2.24, 2.45) is 0 Å². The normalized spacial score (nSPS) is 19.7. The summed E-state index contributed by atoms with van der Waals surface area (Å²) in [6, 6.07) is 14.9. The predicted molar refractivity (Wildman–Crippen MR) is 107 cm³/mol. The van der Waals surface area contributed by atoms with Crippen LogP contribution in [-0.4, -0.2) is 17.7 Å². The number of aliphatic hydroxyl groups excluding tert-OH is 1. The third-order valence-corrected chi connectivity index (χ3v) is 5.94. The lowest BCUT2D eigenvalue weighted by atomic mass is 9.89. The van der Waals surface area contributed by atoms with Gasteiger partial charge >= 0.3 is 0 Å². The van der Waals surface area contributed by atoms with Gasteiger partial charge in [0.05, 0.1) is 6.10 Å². The van der Waals surface area contributed by atoms with Gasteiger partial charge in [0.2, 0.25) is 0 Å². The highest BCUT2D eigenvalue weighted by molar-refractivity contribution is 9.10. The Bertz CT molecular complexity index is 903. The highest BCUT2D eigenvalue weighted by atomic mass is 79.9. The minimum atomic E-state index is -0.489. The van der Waals surface area contributed by atoms with Gasteiger partial charge in [0, 0.05) is 15.0 Å². The van der Waals surface area contributed by atoms with E-state index in [2.05, 4.69) is 79.6 Å². The van der Waals surface area contributed by atoms with E-state index < -0.39 is 6.10 Å². The van der Waals surface area contributed by atoms with Crippen molar-refractivity contribution in [3.8, 4) is 0 Å². The van der Waals surface area contributed by atoms with Crippen LogP contribution in [0.1, 0.15) is 30.9 Å². The van der Waals surface area contributed by atoms with E-state index in [0.29, 0.717) is 0 Å². The van der Waals surface area contributed by atoms with Gasteiger partial charge in [-0.05, 0) is 76.8 Å². The van der Waals surface area contributed by atoms with Gasteiger partial charge in [-0.3, -0.25) is 0 Å². The molecule has 1 fully saturated rings. The van der Waals surface area contributed by atoms with Crippen molar-refractivity contribution in [1.82, 2.24) is 5.32 Å². The molecule has 2 nitrogen and oxygen atoms in total.